The quantitative estimate of drug-likeness (QED) is 0.853. The molecule has 134 valence electrons. The molecule has 2 N–H and O–H groups in total. The Morgan fingerprint density at radius 2 is 1.79 bits per heavy atom. The van der Waals surface area contributed by atoms with Gasteiger partial charge in [-0.3, -0.25) is 4.79 Å². The lowest BCUT2D eigenvalue weighted by atomic mass is 9.86. The van der Waals surface area contributed by atoms with E-state index in [2.05, 4.69) is 0 Å². The second-order valence-corrected chi connectivity index (χ2v) is 8.40. The third-order valence-corrected chi connectivity index (χ3v) is 6.09. The van der Waals surface area contributed by atoms with E-state index in [-0.39, 0.29) is 16.8 Å². The van der Waals surface area contributed by atoms with Crippen LogP contribution in [-0.4, -0.2) is 26.3 Å². The van der Waals surface area contributed by atoms with E-state index in [9.17, 15) is 13.2 Å². The second kappa shape index (κ2) is 8.12. The van der Waals surface area contributed by atoms with Gasteiger partial charge in [-0.25, -0.2) is 13.6 Å². The van der Waals surface area contributed by atoms with Gasteiger partial charge < -0.3 is 4.90 Å². The van der Waals surface area contributed by atoms with Crippen LogP contribution in [0.1, 0.15) is 63.5 Å². The maximum atomic E-state index is 12.4. The summed E-state index contributed by atoms with van der Waals surface area (Å²) in [4.78, 5) is 14.3. The highest BCUT2D eigenvalue weighted by molar-refractivity contribution is 7.89. The van der Waals surface area contributed by atoms with Crippen LogP contribution in [-0.2, 0) is 14.8 Å². The first-order valence-electron chi connectivity index (χ1n) is 8.67. The van der Waals surface area contributed by atoms with Crippen molar-refractivity contribution >= 4 is 15.9 Å². The van der Waals surface area contributed by atoms with Gasteiger partial charge in [0.1, 0.15) is 0 Å². The molecule has 0 bridgehead atoms. The highest BCUT2D eigenvalue weighted by Gasteiger charge is 2.20. The van der Waals surface area contributed by atoms with Crippen LogP contribution in [0.2, 0.25) is 0 Å². The Kier molecular flexibility index (Phi) is 6.40. The van der Waals surface area contributed by atoms with Crippen LogP contribution in [0.5, 0.6) is 0 Å². The summed E-state index contributed by atoms with van der Waals surface area (Å²) in [6, 6.07) is 6.31. The summed E-state index contributed by atoms with van der Waals surface area (Å²) in [7, 11) is -1.88. The molecule has 1 saturated carbocycles. The highest BCUT2D eigenvalue weighted by atomic mass is 32.2. The Labute approximate surface area is 145 Å². The van der Waals surface area contributed by atoms with Crippen LogP contribution >= 0.6 is 0 Å². The van der Waals surface area contributed by atoms with Crippen molar-refractivity contribution < 1.29 is 13.2 Å². The van der Waals surface area contributed by atoms with Gasteiger partial charge in [0, 0.05) is 13.5 Å². The molecular weight excluding hydrogens is 324 g/mol. The number of primary sulfonamides is 1. The van der Waals surface area contributed by atoms with Crippen molar-refractivity contribution in [3.05, 3.63) is 29.8 Å². The lowest BCUT2D eigenvalue weighted by Crippen LogP contribution is -2.30. The summed E-state index contributed by atoms with van der Waals surface area (Å²) in [5.41, 5.74) is 0.899. The molecule has 1 aromatic carbocycles. The molecule has 6 heteroatoms. The van der Waals surface area contributed by atoms with Gasteiger partial charge in [0.25, 0.3) is 0 Å². The van der Waals surface area contributed by atoms with Crippen LogP contribution in [0.3, 0.4) is 0 Å². The number of benzene rings is 1. The zero-order valence-electron chi connectivity index (χ0n) is 14.6. The molecule has 0 spiro atoms. The lowest BCUT2D eigenvalue weighted by molar-refractivity contribution is -0.132. The average molecular weight is 353 g/mol. The molecule has 0 aliphatic heterocycles. The summed E-state index contributed by atoms with van der Waals surface area (Å²) in [6.07, 6.45) is 7.98. The average Bonchev–Trinajstić information content (AvgIpc) is 2.58. The minimum absolute atomic E-state index is 0.0877. The Bertz CT molecular complexity index is 649. The second-order valence-electron chi connectivity index (χ2n) is 6.84. The molecule has 1 fully saturated rings. The molecule has 2 rings (SSSR count). The van der Waals surface area contributed by atoms with Crippen molar-refractivity contribution in [2.75, 3.05) is 7.05 Å². The number of carbonyl (C=O) groups is 1. The number of hydrogen-bond donors (Lipinski definition) is 1. The van der Waals surface area contributed by atoms with Gasteiger partial charge >= 0.3 is 0 Å². The monoisotopic (exact) mass is 352 g/mol. The summed E-state index contributed by atoms with van der Waals surface area (Å²) < 4.78 is 22.6. The first-order valence-corrected chi connectivity index (χ1v) is 10.2. The molecule has 1 aliphatic rings. The summed E-state index contributed by atoms with van der Waals surface area (Å²) in [5.74, 6) is 0.837. The molecule has 1 aliphatic carbocycles. The lowest BCUT2D eigenvalue weighted by Gasteiger charge is -2.27. The summed E-state index contributed by atoms with van der Waals surface area (Å²) in [6.45, 7) is 1.95. The predicted octanol–water partition coefficient (Wildman–Crippen LogP) is 3.21. The topological polar surface area (TPSA) is 80.5 Å². The molecule has 24 heavy (non-hydrogen) atoms. The zero-order valence-corrected chi connectivity index (χ0v) is 15.4. The van der Waals surface area contributed by atoms with E-state index in [1.54, 1.807) is 17.0 Å². The largest absolute Gasteiger partial charge is 0.339 e. The first-order chi connectivity index (χ1) is 11.3. The van der Waals surface area contributed by atoms with Crippen LogP contribution in [0.4, 0.5) is 0 Å². The van der Waals surface area contributed by atoms with Gasteiger partial charge in [0.05, 0.1) is 10.9 Å². The fourth-order valence-electron chi connectivity index (χ4n) is 3.36. The molecule has 0 radical (unpaired) electrons. The van der Waals surface area contributed by atoms with Crippen molar-refractivity contribution in [2.45, 2.75) is 62.8 Å². The number of hydrogen-bond acceptors (Lipinski definition) is 3. The van der Waals surface area contributed by atoms with E-state index in [1.165, 1.54) is 44.2 Å². The van der Waals surface area contributed by atoms with Gasteiger partial charge in [-0.05, 0) is 37.0 Å². The Morgan fingerprint density at radius 1 is 1.21 bits per heavy atom. The normalized spacial score (nSPS) is 17.5. The molecule has 0 heterocycles. The number of nitrogens with two attached hydrogens (primary N) is 1. The van der Waals surface area contributed by atoms with Crippen LogP contribution in [0.15, 0.2) is 29.2 Å². The minimum atomic E-state index is -3.68. The fraction of sp³-hybridized carbons (Fsp3) is 0.611. The molecule has 0 saturated heterocycles. The smallest absolute Gasteiger partial charge is 0.238 e. The van der Waals surface area contributed by atoms with Crippen molar-refractivity contribution in [3.8, 4) is 0 Å². The maximum absolute atomic E-state index is 12.4. The molecule has 1 aromatic rings. The number of carbonyl (C=O) groups excluding carboxylic acids is 1. The Hall–Kier alpha value is -1.40. The van der Waals surface area contributed by atoms with Crippen molar-refractivity contribution in [1.29, 1.82) is 0 Å². The molecule has 1 amide bonds. The summed E-state index contributed by atoms with van der Waals surface area (Å²) >= 11 is 0. The minimum Gasteiger partial charge on any atom is -0.339 e. The molecule has 5 nitrogen and oxygen atoms in total. The van der Waals surface area contributed by atoms with Crippen molar-refractivity contribution in [3.63, 3.8) is 0 Å². The van der Waals surface area contributed by atoms with Gasteiger partial charge in [-0.15, -0.1) is 0 Å². The van der Waals surface area contributed by atoms with Crippen LogP contribution < -0.4 is 5.14 Å². The van der Waals surface area contributed by atoms with Gasteiger partial charge in [-0.1, -0.05) is 44.2 Å². The molecule has 0 aromatic heterocycles. The summed E-state index contributed by atoms with van der Waals surface area (Å²) in [5, 5.41) is 5.11. The number of nitrogens with zero attached hydrogens (tertiary/aromatic N) is 1. The van der Waals surface area contributed by atoms with E-state index in [1.807, 2.05) is 14.0 Å². The van der Waals surface area contributed by atoms with Gasteiger partial charge in [0.2, 0.25) is 15.9 Å². The van der Waals surface area contributed by atoms with Gasteiger partial charge in [-0.2, -0.15) is 0 Å². The Morgan fingerprint density at radius 3 is 2.33 bits per heavy atom. The maximum Gasteiger partial charge on any atom is 0.238 e. The van der Waals surface area contributed by atoms with Crippen molar-refractivity contribution in [2.24, 2.45) is 11.1 Å². The Balaban J connectivity index is 1.92. The predicted molar refractivity (Wildman–Crippen MR) is 94.8 cm³/mol. The molecule has 1 unspecified atom stereocenters. The zero-order chi connectivity index (χ0) is 17.7. The van der Waals surface area contributed by atoms with E-state index >= 15 is 0 Å². The number of amides is 1. The van der Waals surface area contributed by atoms with E-state index in [4.69, 9.17) is 5.14 Å². The standard InChI is InChI=1S/C18H28N2O3S/c1-14(16-9-11-17(12-10-16)24(19,22)23)20(2)18(21)13-8-15-6-4-3-5-7-15/h9-12,14-15H,3-8,13H2,1-2H3,(H2,19,22,23). The van der Waals surface area contributed by atoms with Crippen LogP contribution in [0.25, 0.3) is 0 Å². The number of sulfonamides is 1. The molecular formula is C18H28N2O3S. The molecule has 1 atom stereocenters. The first kappa shape index (κ1) is 18.9. The third-order valence-electron chi connectivity index (χ3n) is 5.16. The van der Waals surface area contributed by atoms with Crippen LogP contribution in [0, 0.1) is 5.92 Å². The third kappa shape index (κ3) is 5.05. The van der Waals surface area contributed by atoms with Gasteiger partial charge in [0.15, 0.2) is 0 Å². The van der Waals surface area contributed by atoms with E-state index < -0.39 is 10.0 Å². The number of rotatable bonds is 6. The fourth-order valence-corrected chi connectivity index (χ4v) is 3.87. The highest BCUT2D eigenvalue weighted by Crippen LogP contribution is 2.28. The van der Waals surface area contributed by atoms with Crippen molar-refractivity contribution in [1.82, 2.24) is 4.90 Å². The van der Waals surface area contributed by atoms with E-state index in [0.29, 0.717) is 12.3 Å². The van der Waals surface area contributed by atoms with E-state index in [0.717, 1.165) is 12.0 Å². The SMILES string of the molecule is CC(c1ccc(S(N)(=O)=O)cc1)N(C)C(=O)CCC1CCCCC1.